The Morgan fingerprint density at radius 2 is 1.81 bits per heavy atom. The van der Waals surface area contributed by atoms with Crippen molar-refractivity contribution in [2.75, 3.05) is 13.2 Å². The molecule has 0 unspecified atom stereocenters. The lowest BCUT2D eigenvalue weighted by molar-refractivity contribution is -0.131. The molecule has 0 radical (unpaired) electrons. The number of hydrogen-bond donors (Lipinski definition) is 0. The molecule has 0 spiro atoms. The highest BCUT2D eigenvalue weighted by Gasteiger charge is 2.31. The van der Waals surface area contributed by atoms with Gasteiger partial charge in [0.1, 0.15) is 0 Å². The van der Waals surface area contributed by atoms with Crippen LogP contribution in [0, 0.1) is 6.92 Å². The summed E-state index contributed by atoms with van der Waals surface area (Å²) in [4.78, 5) is 27.3. The van der Waals surface area contributed by atoms with Gasteiger partial charge in [-0.2, -0.15) is 5.10 Å². The van der Waals surface area contributed by atoms with Crippen LogP contribution >= 0.6 is 11.6 Å². The van der Waals surface area contributed by atoms with E-state index in [0.29, 0.717) is 24.5 Å². The Labute approximate surface area is 186 Å². The number of halogens is 1. The first-order valence-electron chi connectivity index (χ1n) is 10.3. The van der Waals surface area contributed by atoms with Gasteiger partial charge in [-0.3, -0.25) is 4.79 Å². The standard InChI is InChI=1S/C24H24ClN3O3/c1-3-31-24(30)23-20-15-27(22(29)14-17-6-8-18(25)9-7-17)13-12-21(20)28(26-23)19-10-4-16(2)5-11-19/h4-11H,3,12-15H2,1-2H3. The zero-order valence-corrected chi connectivity index (χ0v) is 18.4. The molecular weight excluding hydrogens is 414 g/mol. The maximum atomic E-state index is 12.9. The first kappa shape index (κ1) is 21.1. The van der Waals surface area contributed by atoms with Crippen LogP contribution in [0.2, 0.25) is 5.02 Å². The normalized spacial score (nSPS) is 13.1. The monoisotopic (exact) mass is 437 g/mol. The maximum Gasteiger partial charge on any atom is 0.359 e. The minimum atomic E-state index is -0.461. The Bertz CT molecular complexity index is 1100. The molecule has 160 valence electrons. The second-order valence-corrected chi connectivity index (χ2v) is 8.05. The number of carbonyl (C=O) groups is 2. The number of aromatic nitrogens is 2. The van der Waals surface area contributed by atoms with Crippen molar-refractivity contribution in [3.8, 4) is 5.69 Å². The molecule has 1 amide bonds. The van der Waals surface area contributed by atoms with Gasteiger partial charge in [0.15, 0.2) is 5.69 Å². The van der Waals surface area contributed by atoms with Gasteiger partial charge in [-0.15, -0.1) is 0 Å². The summed E-state index contributed by atoms with van der Waals surface area (Å²) in [5, 5.41) is 5.23. The van der Waals surface area contributed by atoms with E-state index in [9.17, 15) is 9.59 Å². The number of rotatable bonds is 5. The number of benzene rings is 2. The van der Waals surface area contributed by atoms with Crippen molar-refractivity contribution in [2.24, 2.45) is 0 Å². The highest BCUT2D eigenvalue weighted by molar-refractivity contribution is 6.30. The third-order valence-electron chi connectivity index (χ3n) is 5.43. The van der Waals surface area contributed by atoms with E-state index in [4.69, 9.17) is 16.3 Å². The van der Waals surface area contributed by atoms with E-state index in [2.05, 4.69) is 5.10 Å². The average molecular weight is 438 g/mol. The fourth-order valence-corrected chi connectivity index (χ4v) is 3.91. The summed E-state index contributed by atoms with van der Waals surface area (Å²) in [7, 11) is 0. The molecule has 0 aliphatic carbocycles. The number of fused-ring (bicyclic) bond motifs is 1. The number of hydrogen-bond acceptors (Lipinski definition) is 4. The molecule has 2 aromatic carbocycles. The van der Waals surface area contributed by atoms with Crippen LogP contribution in [0.25, 0.3) is 5.69 Å². The molecule has 1 aromatic heterocycles. The third kappa shape index (κ3) is 4.49. The zero-order chi connectivity index (χ0) is 22.0. The number of aryl methyl sites for hydroxylation is 1. The van der Waals surface area contributed by atoms with Crippen LogP contribution in [-0.2, 0) is 28.9 Å². The largest absolute Gasteiger partial charge is 0.461 e. The van der Waals surface area contributed by atoms with Gasteiger partial charge < -0.3 is 9.64 Å². The van der Waals surface area contributed by atoms with E-state index < -0.39 is 5.97 Å². The summed E-state index contributed by atoms with van der Waals surface area (Å²) in [5.74, 6) is -0.456. The van der Waals surface area contributed by atoms with E-state index in [0.717, 1.165) is 28.1 Å². The predicted octanol–water partition coefficient (Wildman–Crippen LogP) is 4.14. The summed E-state index contributed by atoms with van der Waals surface area (Å²) >= 11 is 5.94. The fraction of sp³-hybridized carbons (Fsp3) is 0.292. The van der Waals surface area contributed by atoms with Gasteiger partial charge in [0, 0.05) is 30.1 Å². The number of amides is 1. The van der Waals surface area contributed by atoms with Crippen LogP contribution < -0.4 is 0 Å². The molecule has 0 saturated heterocycles. The van der Waals surface area contributed by atoms with Gasteiger partial charge in [0.05, 0.1) is 24.4 Å². The minimum Gasteiger partial charge on any atom is -0.461 e. The molecule has 0 fully saturated rings. The predicted molar refractivity (Wildman–Crippen MR) is 119 cm³/mol. The Balaban J connectivity index is 1.63. The van der Waals surface area contributed by atoms with Crippen molar-refractivity contribution in [3.63, 3.8) is 0 Å². The molecule has 4 rings (SSSR count). The average Bonchev–Trinajstić information content (AvgIpc) is 3.15. The van der Waals surface area contributed by atoms with E-state index in [1.807, 2.05) is 48.0 Å². The summed E-state index contributed by atoms with van der Waals surface area (Å²) < 4.78 is 7.04. The number of nitrogens with zero attached hydrogens (tertiary/aromatic N) is 3. The van der Waals surface area contributed by atoms with Crippen LogP contribution in [0.3, 0.4) is 0 Å². The number of carbonyl (C=O) groups excluding carboxylic acids is 2. The smallest absolute Gasteiger partial charge is 0.359 e. The first-order valence-corrected chi connectivity index (χ1v) is 10.7. The van der Waals surface area contributed by atoms with Gasteiger partial charge in [0.25, 0.3) is 0 Å². The number of esters is 1. The number of ether oxygens (including phenoxy) is 1. The molecule has 6 nitrogen and oxygen atoms in total. The van der Waals surface area contributed by atoms with Gasteiger partial charge in [-0.1, -0.05) is 41.4 Å². The van der Waals surface area contributed by atoms with Crippen molar-refractivity contribution >= 4 is 23.5 Å². The van der Waals surface area contributed by atoms with Crippen LogP contribution in [0.4, 0.5) is 0 Å². The van der Waals surface area contributed by atoms with E-state index in [1.54, 1.807) is 24.0 Å². The summed E-state index contributed by atoms with van der Waals surface area (Å²) in [6.07, 6.45) is 0.898. The van der Waals surface area contributed by atoms with Crippen LogP contribution in [-0.4, -0.2) is 39.7 Å². The SMILES string of the molecule is CCOC(=O)c1nn(-c2ccc(C)cc2)c2c1CN(C(=O)Cc1ccc(Cl)cc1)CC2. The maximum absolute atomic E-state index is 12.9. The molecule has 31 heavy (non-hydrogen) atoms. The highest BCUT2D eigenvalue weighted by Crippen LogP contribution is 2.27. The third-order valence-corrected chi connectivity index (χ3v) is 5.68. The Hall–Kier alpha value is -3.12. The highest BCUT2D eigenvalue weighted by atomic mass is 35.5. The molecule has 7 heteroatoms. The van der Waals surface area contributed by atoms with E-state index >= 15 is 0 Å². The van der Waals surface area contributed by atoms with Crippen molar-refractivity contribution in [1.29, 1.82) is 0 Å². The second-order valence-electron chi connectivity index (χ2n) is 7.61. The fourth-order valence-electron chi connectivity index (χ4n) is 3.78. The second kappa shape index (κ2) is 8.94. The van der Waals surface area contributed by atoms with Gasteiger partial charge in [0.2, 0.25) is 5.91 Å². The van der Waals surface area contributed by atoms with Gasteiger partial charge >= 0.3 is 5.97 Å². The van der Waals surface area contributed by atoms with Crippen LogP contribution in [0.15, 0.2) is 48.5 Å². The molecule has 0 saturated carbocycles. The van der Waals surface area contributed by atoms with E-state index in [1.165, 1.54) is 0 Å². The first-order chi connectivity index (χ1) is 15.0. The minimum absolute atomic E-state index is 0.00543. The summed E-state index contributed by atoms with van der Waals surface area (Å²) in [6, 6.07) is 15.3. The van der Waals surface area contributed by atoms with E-state index in [-0.39, 0.29) is 24.6 Å². The Kier molecular flexibility index (Phi) is 6.09. The summed E-state index contributed by atoms with van der Waals surface area (Å²) in [5.41, 5.74) is 4.92. The van der Waals surface area contributed by atoms with Crippen molar-refractivity contribution < 1.29 is 14.3 Å². The molecule has 0 bridgehead atoms. The molecule has 0 atom stereocenters. The van der Waals surface area contributed by atoms with Crippen molar-refractivity contribution in [3.05, 3.63) is 81.6 Å². The molecular formula is C24H24ClN3O3. The topological polar surface area (TPSA) is 64.4 Å². The van der Waals surface area contributed by atoms with Crippen molar-refractivity contribution in [2.45, 2.75) is 33.2 Å². The Morgan fingerprint density at radius 1 is 1.10 bits per heavy atom. The molecule has 1 aliphatic rings. The molecule has 3 aromatic rings. The van der Waals surface area contributed by atoms with Crippen LogP contribution in [0.1, 0.15) is 39.8 Å². The molecule has 1 aliphatic heterocycles. The van der Waals surface area contributed by atoms with Gasteiger partial charge in [-0.05, 0) is 43.7 Å². The summed E-state index contributed by atoms with van der Waals surface area (Å²) in [6.45, 7) is 4.96. The van der Waals surface area contributed by atoms with Crippen molar-refractivity contribution in [1.82, 2.24) is 14.7 Å². The lowest BCUT2D eigenvalue weighted by Gasteiger charge is -2.28. The van der Waals surface area contributed by atoms with Crippen LogP contribution in [0.5, 0.6) is 0 Å². The quantitative estimate of drug-likeness (QED) is 0.563. The molecule has 0 N–H and O–H groups in total. The lowest BCUT2D eigenvalue weighted by Crippen LogP contribution is -2.37. The lowest BCUT2D eigenvalue weighted by atomic mass is 10.0. The van der Waals surface area contributed by atoms with Gasteiger partial charge in [-0.25, -0.2) is 9.48 Å². The molecule has 2 heterocycles. The zero-order valence-electron chi connectivity index (χ0n) is 17.6. The Morgan fingerprint density at radius 3 is 2.48 bits per heavy atom.